The third-order valence-corrected chi connectivity index (χ3v) is 2.14. The molecule has 82 valence electrons. The second kappa shape index (κ2) is 3.81. The van der Waals surface area contributed by atoms with Gasteiger partial charge in [-0.1, -0.05) is 0 Å². The monoisotopic (exact) mass is 222 g/mol. The summed E-state index contributed by atoms with van der Waals surface area (Å²) in [6, 6.07) is 6.60. The summed E-state index contributed by atoms with van der Waals surface area (Å²) in [5.74, 6) is -1.62. The highest BCUT2D eigenvalue weighted by atomic mass is 19.1. The fraction of sp³-hybridized carbons (Fsp3) is 0. The van der Waals surface area contributed by atoms with Gasteiger partial charge in [0.15, 0.2) is 0 Å². The van der Waals surface area contributed by atoms with Crippen molar-refractivity contribution in [2.45, 2.75) is 0 Å². The maximum atomic E-state index is 13.4. The molecule has 0 heterocycles. The van der Waals surface area contributed by atoms with Gasteiger partial charge in [-0.05, 0) is 35.9 Å². The normalized spacial score (nSPS) is 10.4. The minimum Gasteiger partial charge on any atom is -0.508 e. The van der Waals surface area contributed by atoms with Gasteiger partial charge < -0.3 is 10.2 Å². The van der Waals surface area contributed by atoms with Crippen LogP contribution in [0.1, 0.15) is 0 Å². The molecule has 0 aliphatic carbocycles. The van der Waals surface area contributed by atoms with Crippen molar-refractivity contribution in [2.75, 3.05) is 0 Å². The van der Waals surface area contributed by atoms with Crippen LogP contribution < -0.4 is 0 Å². The Labute approximate surface area is 90.4 Å². The van der Waals surface area contributed by atoms with Crippen molar-refractivity contribution in [1.82, 2.24) is 0 Å². The van der Waals surface area contributed by atoms with Crippen LogP contribution in [-0.4, -0.2) is 10.2 Å². The number of rotatable bonds is 1. The Morgan fingerprint density at radius 2 is 1.44 bits per heavy atom. The fourth-order valence-electron chi connectivity index (χ4n) is 1.47. The van der Waals surface area contributed by atoms with Crippen LogP contribution in [0.25, 0.3) is 11.1 Å². The molecule has 0 aliphatic heterocycles. The summed E-state index contributed by atoms with van der Waals surface area (Å²) < 4.78 is 26.3. The van der Waals surface area contributed by atoms with Gasteiger partial charge in [-0.15, -0.1) is 0 Å². The van der Waals surface area contributed by atoms with Crippen LogP contribution in [0.5, 0.6) is 11.5 Å². The predicted octanol–water partition coefficient (Wildman–Crippen LogP) is 3.04. The highest BCUT2D eigenvalue weighted by molar-refractivity contribution is 5.67. The number of phenols is 2. The first-order valence-electron chi connectivity index (χ1n) is 4.55. The van der Waals surface area contributed by atoms with E-state index in [2.05, 4.69) is 0 Å². The molecule has 0 aromatic heterocycles. The first-order chi connectivity index (χ1) is 7.56. The Balaban J connectivity index is 2.62. The maximum Gasteiger partial charge on any atom is 0.131 e. The predicted molar refractivity (Wildman–Crippen MR) is 55.1 cm³/mol. The Morgan fingerprint density at radius 1 is 0.812 bits per heavy atom. The van der Waals surface area contributed by atoms with Gasteiger partial charge in [0.25, 0.3) is 0 Å². The van der Waals surface area contributed by atoms with Crippen molar-refractivity contribution < 1.29 is 19.0 Å². The lowest BCUT2D eigenvalue weighted by Crippen LogP contribution is -1.86. The van der Waals surface area contributed by atoms with E-state index in [0.717, 1.165) is 24.3 Å². The average Bonchev–Trinajstić information content (AvgIpc) is 2.20. The van der Waals surface area contributed by atoms with Gasteiger partial charge in [-0.3, -0.25) is 0 Å². The first-order valence-corrected chi connectivity index (χ1v) is 4.55. The van der Waals surface area contributed by atoms with Crippen LogP contribution in [0.2, 0.25) is 0 Å². The lowest BCUT2D eigenvalue weighted by atomic mass is 10.0. The summed E-state index contributed by atoms with van der Waals surface area (Å²) in [4.78, 5) is 0. The van der Waals surface area contributed by atoms with Gasteiger partial charge in [0.05, 0.1) is 0 Å². The molecule has 0 saturated heterocycles. The minimum absolute atomic E-state index is 0.00815. The van der Waals surface area contributed by atoms with E-state index in [4.69, 9.17) is 0 Å². The molecule has 0 atom stereocenters. The third-order valence-electron chi connectivity index (χ3n) is 2.14. The standard InChI is InChI=1S/C12H8F2O2/c13-8-1-2-12(14)11(5-8)7-3-9(15)6-10(16)4-7/h1-6,15-16H. The summed E-state index contributed by atoms with van der Waals surface area (Å²) in [7, 11) is 0. The van der Waals surface area contributed by atoms with Crippen LogP contribution in [0, 0.1) is 11.6 Å². The van der Waals surface area contributed by atoms with Crippen molar-refractivity contribution in [2.24, 2.45) is 0 Å². The van der Waals surface area contributed by atoms with Crippen molar-refractivity contribution in [3.8, 4) is 22.6 Å². The Kier molecular flexibility index (Phi) is 2.48. The van der Waals surface area contributed by atoms with Crippen molar-refractivity contribution >= 4 is 0 Å². The number of halogens is 2. The van der Waals surface area contributed by atoms with Crippen molar-refractivity contribution in [3.63, 3.8) is 0 Å². The van der Waals surface area contributed by atoms with E-state index in [1.165, 1.54) is 12.1 Å². The van der Waals surface area contributed by atoms with Gasteiger partial charge in [0.1, 0.15) is 23.1 Å². The van der Waals surface area contributed by atoms with Crippen LogP contribution >= 0.6 is 0 Å². The highest BCUT2D eigenvalue weighted by Crippen LogP contribution is 2.30. The number of benzene rings is 2. The molecule has 0 spiro atoms. The van der Waals surface area contributed by atoms with Crippen LogP contribution in [-0.2, 0) is 0 Å². The molecule has 0 fully saturated rings. The molecule has 0 saturated carbocycles. The maximum absolute atomic E-state index is 13.4. The smallest absolute Gasteiger partial charge is 0.131 e. The van der Waals surface area contributed by atoms with E-state index in [0.29, 0.717) is 0 Å². The molecule has 0 unspecified atom stereocenters. The molecule has 0 amide bonds. The van der Waals surface area contributed by atoms with E-state index in [1.807, 2.05) is 0 Å². The molecule has 2 aromatic carbocycles. The average molecular weight is 222 g/mol. The molecule has 2 N–H and O–H groups in total. The Bertz CT molecular complexity index is 518. The van der Waals surface area contributed by atoms with Gasteiger partial charge in [0.2, 0.25) is 0 Å². The molecule has 2 nitrogen and oxygen atoms in total. The second-order valence-electron chi connectivity index (χ2n) is 3.36. The lowest BCUT2D eigenvalue weighted by molar-refractivity contribution is 0.451. The topological polar surface area (TPSA) is 40.5 Å². The van der Waals surface area contributed by atoms with E-state index in [-0.39, 0.29) is 22.6 Å². The van der Waals surface area contributed by atoms with Crippen molar-refractivity contribution in [1.29, 1.82) is 0 Å². The van der Waals surface area contributed by atoms with Gasteiger partial charge in [0, 0.05) is 11.6 Å². The number of aromatic hydroxyl groups is 2. The molecule has 0 bridgehead atoms. The van der Waals surface area contributed by atoms with Gasteiger partial charge in [-0.2, -0.15) is 0 Å². The largest absolute Gasteiger partial charge is 0.508 e. The SMILES string of the molecule is Oc1cc(O)cc(-c2cc(F)ccc2F)c1. The number of hydrogen-bond acceptors (Lipinski definition) is 2. The zero-order valence-electron chi connectivity index (χ0n) is 8.11. The Morgan fingerprint density at radius 3 is 2.06 bits per heavy atom. The van der Waals surface area contributed by atoms with Crippen LogP contribution in [0.4, 0.5) is 8.78 Å². The first kappa shape index (κ1) is 10.4. The van der Waals surface area contributed by atoms with Crippen LogP contribution in [0.3, 0.4) is 0 Å². The van der Waals surface area contributed by atoms with E-state index < -0.39 is 11.6 Å². The molecular formula is C12H8F2O2. The Hall–Kier alpha value is -2.10. The van der Waals surface area contributed by atoms with Gasteiger partial charge in [-0.25, -0.2) is 8.78 Å². The minimum atomic E-state index is -0.619. The summed E-state index contributed by atoms with van der Waals surface area (Å²) in [6.45, 7) is 0. The summed E-state index contributed by atoms with van der Waals surface area (Å²) in [5.41, 5.74) is 0.209. The third kappa shape index (κ3) is 1.95. The zero-order valence-corrected chi connectivity index (χ0v) is 8.11. The molecule has 2 rings (SSSR count). The number of hydrogen-bond donors (Lipinski definition) is 2. The second-order valence-corrected chi connectivity index (χ2v) is 3.36. The quantitative estimate of drug-likeness (QED) is 0.778. The molecule has 0 radical (unpaired) electrons. The van der Waals surface area contributed by atoms with Crippen molar-refractivity contribution in [3.05, 3.63) is 48.0 Å². The lowest BCUT2D eigenvalue weighted by Gasteiger charge is -2.05. The van der Waals surface area contributed by atoms with E-state index in [9.17, 15) is 19.0 Å². The zero-order chi connectivity index (χ0) is 11.7. The van der Waals surface area contributed by atoms with Crippen LogP contribution in [0.15, 0.2) is 36.4 Å². The summed E-state index contributed by atoms with van der Waals surface area (Å²) in [6.07, 6.45) is 0. The van der Waals surface area contributed by atoms with E-state index in [1.54, 1.807) is 0 Å². The number of phenolic OH excluding ortho intramolecular Hbond substituents is 2. The summed E-state index contributed by atoms with van der Waals surface area (Å²) in [5, 5.41) is 18.5. The highest BCUT2D eigenvalue weighted by Gasteiger charge is 2.08. The molecular weight excluding hydrogens is 214 g/mol. The molecule has 16 heavy (non-hydrogen) atoms. The van der Waals surface area contributed by atoms with E-state index >= 15 is 0 Å². The summed E-state index contributed by atoms with van der Waals surface area (Å²) >= 11 is 0. The molecule has 4 heteroatoms. The van der Waals surface area contributed by atoms with Gasteiger partial charge >= 0.3 is 0 Å². The molecule has 0 aliphatic rings. The molecule has 2 aromatic rings. The fourth-order valence-corrected chi connectivity index (χ4v) is 1.47.